The normalized spacial score (nSPS) is 22.8. The molecule has 1 aromatic carbocycles. The molecule has 0 saturated carbocycles. The fourth-order valence-electron chi connectivity index (χ4n) is 6.79. The van der Waals surface area contributed by atoms with Crippen molar-refractivity contribution >= 4 is 77.8 Å². The van der Waals surface area contributed by atoms with Crippen molar-refractivity contribution in [2.24, 2.45) is 0 Å². The Morgan fingerprint density at radius 2 is 1.74 bits per heavy atom. The van der Waals surface area contributed by atoms with Crippen LogP contribution >= 0.6 is 37.2 Å². The Balaban J connectivity index is 1.23. The molecule has 1 amide bonds. The molecule has 2 saturated heterocycles. The van der Waals surface area contributed by atoms with E-state index in [1.54, 1.807) is 0 Å². The van der Waals surface area contributed by atoms with Gasteiger partial charge in [-0.1, -0.05) is 42.4 Å². The van der Waals surface area contributed by atoms with E-state index < -0.39 is 113 Å². The number of anilines is 2. The molecule has 0 radical (unpaired) electrons. The van der Waals surface area contributed by atoms with Gasteiger partial charge in [0.05, 0.1) is 50.3 Å². The molecule has 0 bridgehead atoms. The number of phosphoric acid groups is 2. The van der Waals surface area contributed by atoms with Crippen molar-refractivity contribution in [3.05, 3.63) is 63.2 Å². The molecule has 384 valence electrons. The number of nitrogens with two attached hydrogens (primary N) is 2. The number of carbonyl (C=O) groups excluding carboxylic acids is 2. The van der Waals surface area contributed by atoms with Crippen LogP contribution in [0.25, 0.3) is 11.2 Å². The second kappa shape index (κ2) is 22.5. The quantitative estimate of drug-likeness (QED) is 0.0205. The molecule has 70 heavy (non-hydrogen) atoms. The third kappa shape index (κ3) is 13.8. The van der Waals surface area contributed by atoms with Crippen LogP contribution in [0.3, 0.4) is 0 Å². The van der Waals surface area contributed by atoms with Gasteiger partial charge in [-0.3, -0.25) is 32.8 Å². The fraction of sp³-hybridized carbons (Fsp3) is 0.528. The number of aromatic nitrogens is 6. The summed E-state index contributed by atoms with van der Waals surface area (Å²) in [4.78, 5) is 96.7. The van der Waals surface area contributed by atoms with Crippen molar-refractivity contribution in [2.45, 2.75) is 87.6 Å². The van der Waals surface area contributed by atoms with Gasteiger partial charge in [-0.2, -0.15) is 4.98 Å². The van der Waals surface area contributed by atoms with Crippen LogP contribution in [0.15, 0.2) is 41.8 Å². The van der Waals surface area contributed by atoms with Gasteiger partial charge >= 0.3 is 33.4 Å². The van der Waals surface area contributed by atoms with E-state index in [-0.39, 0.29) is 56.8 Å². The summed E-state index contributed by atoms with van der Waals surface area (Å²) in [6.45, 7) is 3.15. The number of alkyl carbamates (subject to hydrolysis) is 1. The number of methoxy groups -OCH3 is 2. The number of hydrogen-bond acceptors (Lipinski definition) is 25. The zero-order valence-corrected chi connectivity index (χ0v) is 40.9. The van der Waals surface area contributed by atoms with Gasteiger partial charge in [0.1, 0.15) is 61.0 Å². The van der Waals surface area contributed by atoms with Crippen LogP contribution in [0.5, 0.6) is 11.5 Å². The zero-order valence-electron chi connectivity index (χ0n) is 37.4. The molecule has 2 aliphatic heterocycles. The van der Waals surface area contributed by atoms with Crippen molar-refractivity contribution in [1.29, 1.82) is 0 Å². The number of imidazole rings is 1. The van der Waals surface area contributed by atoms with Gasteiger partial charge in [0, 0.05) is 23.1 Å². The fourth-order valence-corrected chi connectivity index (χ4v) is 10.5. The molecule has 3 aromatic heterocycles. The molecule has 0 spiro atoms. The van der Waals surface area contributed by atoms with Crippen LogP contribution in [0.1, 0.15) is 45.2 Å². The van der Waals surface area contributed by atoms with Gasteiger partial charge < -0.3 is 65.0 Å². The Morgan fingerprint density at radius 3 is 2.40 bits per heavy atom. The number of fused-ring (bicyclic) bond motifs is 1. The van der Waals surface area contributed by atoms with Crippen LogP contribution in [0.2, 0.25) is 0 Å². The van der Waals surface area contributed by atoms with E-state index >= 15 is 0 Å². The summed E-state index contributed by atoms with van der Waals surface area (Å²) in [5, 5.41) is 26.0. The maximum absolute atomic E-state index is 14.1. The number of rotatable bonds is 21. The van der Waals surface area contributed by atoms with E-state index in [4.69, 9.17) is 48.9 Å². The number of benzene rings is 1. The Bertz CT molecular complexity index is 2710. The molecule has 5 heterocycles. The van der Waals surface area contributed by atoms with E-state index in [2.05, 4.69) is 29.8 Å². The molecular formula is C36H48N10O20P2S2. The highest BCUT2D eigenvalue weighted by Crippen LogP contribution is 2.50. The largest absolute Gasteiger partial charge is 0.493 e. The zero-order chi connectivity index (χ0) is 51.3. The number of nitrogen functional groups attached to an aromatic ring is 2. The molecule has 34 heteroatoms. The number of esters is 1. The van der Waals surface area contributed by atoms with Crippen LogP contribution in [-0.2, 0) is 53.1 Å². The number of aliphatic hydroxyl groups is 1. The standard InChI is InChI=1S/C36H48N10O20P2S2/c1-36(2,3)70-69-14-18(42-35(50)60-11-17-8-20(58-4)21(59-5)9-19(17)46(51)52)33(48)65-29-24(64-32(28(29)47)45-16-41-27-30(38)39-15-40-31(27)45)13-62-68(56,57)66-22-10-26(44-7-6-25(37)43-34(44)49)63-23(22)12-61-67(53,54)55/h6-9,15-16,18,22-24,26,28-29,32,47H,10-14H2,1-5H3,(H,42,50)(H,56,57)(H2,37,43,49)(H2,38,39,40)(H2,53,54,55)/t18-,22-,23+,24?,26+,28?,29?,32?/m0/s1. The first-order valence-corrected chi connectivity index (χ1v) is 25.7. The summed E-state index contributed by atoms with van der Waals surface area (Å²) >= 11 is 0. The van der Waals surface area contributed by atoms with Gasteiger partial charge in [0.15, 0.2) is 35.3 Å². The number of ether oxygens (including phenoxy) is 6. The Labute approximate surface area is 403 Å². The lowest BCUT2D eigenvalue weighted by Crippen LogP contribution is -2.48. The summed E-state index contributed by atoms with van der Waals surface area (Å²) in [5.74, 6) is -1.36. The Kier molecular flexibility index (Phi) is 17.4. The first-order chi connectivity index (χ1) is 32.9. The van der Waals surface area contributed by atoms with Crippen LogP contribution in [0, 0.1) is 10.1 Å². The SMILES string of the molecule is COc1cc(COC(=O)N[C@@H](CSSC(C)(C)C)C(=O)OC2C(COP(=O)(O)O[C@H]3C[C@H](n4ccc(N)nc4=O)O[C@@H]3COP(=O)(O)O)OC(n3cnc4c(N)ncnc43)C2O)c([N+](=O)[O-])cc1OC. The second-order valence-electron chi connectivity index (χ2n) is 16.0. The van der Waals surface area contributed by atoms with Crippen molar-refractivity contribution < 1.29 is 85.4 Å². The van der Waals surface area contributed by atoms with Gasteiger partial charge in [-0.15, -0.1) is 0 Å². The van der Waals surface area contributed by atoms with E-state index in [1.807, 2.05) is 20.8 Å². The molecule has 0 aliphatic carbocycles. The molecule has 4 aromatic rings. The summed E-state index contributed by atoms with van der Waals surface area (Å²) in [7, 11) is -5.36. The molecule has 9 atom stereocenters. The molecule has 30 nitrogen and oxygen atoms in total. The number of nitro groups is 1. The van der Waals surface area contributed by atoms with E-state index in [9.17, 15) is 53.4 Å². The van der Waals surface area contributed by atoms with Crippen molar-refractivity contribution in [2.75, 3.05) is 44.7 Å². The average Bonchev–Trinajstić information content (AvgIpc) is 3.97. The summed E-state index contributed by atoms with van der Waals surface area (Å²) in [6.07, 6.45) is -9.12. The predicted octanol–water partition coefficient (Wildman–Crippen LogP) is 1.72. The molecule has 6 rings (SSSR count). The van der Waals surface area contributed by atoms with Gasteiger partial charge in [0.2, 0.25) is 0 Å². The lowest BCUT2D eigenvalue weighted by Gasteiger charge is -2.26. The molecular weight excluding hydrogens is 1020 g/mol. The minimum atomic E-state index is -5.31. The van der Waals surface area contributed by atoms with Crippen molar-refractivity contribution in [1.82, 2.24) is 34.4 Å². The van der Waals surface area contributed by atoms with Gasteiger partial charge in [-0.25, -0.2) is 38.5 Å². The van der Waals surface area contributed by atoms with Crippen LogP contribution in [0.4, 0.5) is 22.1 Å². The highest BCUT2D eigenvalue weighted by molar-refractivity contribution is 8.77. The summed E-state index contributed by atoms with van der Waals surface area (Å²) in [6, 6.07) is 2.04. The minimum Gasteiger partial charge on any atom is -0.493 e. The number of phosphoric ester groups is 2. The Hall–Kier alpha value is -5.21. The number of nitro benzene ring substituents is 1. The number of amides is 1. The van der Waals surface area contributed by atoms with E-state index in [0.717, 1.165) is 27.8 Å². The van der Waals surface area contributed by atoms with Gasteiger partial charge in [-0.05, 0) is 12.1 Å². The molecule has 2 aliphatic rings. The second-order valence-corrected chi connectivity index (χ2v) is 21.8. The molecule has 9 N–H and O–H groups in total. The van der Waals surface area contributed by atoms with Crippen LogP contribution < -0.4 is 31.9 Å². The van der Waals surface area contributed by atoms with E-state index in [1.165, 1.54) is 54.2 Å². The first kappa shape index (κ1) is 54.1. The smallest absolute Gasteiger partial charge is 0.472 e. The maximum Gasteiger partial charge on any atom is 0.472 e. The average molecular weight is 1070 g/mol. The third-order valence-corrected chi connectivity index (χ3v) is 14.8. The monoisotopic (exact) mass is 1070 g/mol. The summed E-state index contributed by atoms with van der Waals surface area (Å²) < 4.78 is 75.6. The lowest BCUT2D eigenvalue weighted by atomic mass is 10.1. The lowest BCUT2D eigenvalue weighted by molar-refractivity contribution is -0.385. The molecule has 5 unspecified atom stereocenters. The van der Waals surface area contributed by atoms with Gasteiger partial charge in [0.25, 0.3) is 5.69 Å². The third-order valence-electron chi connectivity index (χ3n) is 9.90. The maximum atomic E-state index is 14.1. The highest BCUT2D eigenvalue weighted by Gasteiger charge is 2.50. The minimum absolute atomic E-state index is 0.0372. The molecule has 2 fully saturated rings. The number of hydrogen-bond donors (Lipinski definition) is 7. The van der Waals surface area contributed by atoms with Crippen LogP contribution in [-0.4, -0.2) is 140 Å². The predicted molar refractivity (Wildman–Crippen MR) is 243 cm³/mol. The number of nitrogens with one attached hydrogen (secondary N) is 1. The van der Waals surface area contributed by atoms with Crippen molar-refractivity contribution in [3.63, 3.8) is 0 Å². The topological polar surface area (TPSA) is 418 Å². The number of aliphatic hydroxyl groups excluding tert-OH is 1. The summed E-state index contributed by atoms with van der Waals surface area (Å²) in [5.41, 5.74) is 10.3. The Morgan fingerprint density at radius 1 is 1.04 bits per heavy atom. The van der Waals surface area contributed by atoms with E-state index in [0.29, 0.717) is 0 Å². The van der Waals surface area contributed by atoms with Crippen molar-refractivity contribution in [3.8, 4) is 11.5 Å². The number of nitrogens with zero attached hydrogens (tertiary/aromatic N) is 7. The highest BCUT2D eigenvalue weighted by atomic mass is 33.1. The number of carbonyl (C=O) groups is 2. The first-order valence-electron chi connectivity index (χ1n) is 20.3.